The van der Waals surface area contributed by atoms with Crippen molar-refractivity contribution in [1.82, 2.24) is 4.90 Å². The van der Waals surface area contributed by atoms with Crippen LogP contribution < -0.4 is 9.88 Å². The first-order valence-electron chi connectivity index (χ1n) is 10.9. The molecule has 186 valence electrons. The molecule has 1 heterocycles. The van der Waals surface area contributed by atoms with Gasteiger partial charge in [0.1, 0.15) is 11.5 Å². The molecule has 36 heavy (non-hydrogen) atoms. The van der Waals surface area contributed by atoms with Crippen molar-refractivity contribution < 1.29 is 27.9 Å². The molecule has 0 aromatic heterocycles. The van der Waals surface area contributed by atoms with Gasteiger partial charge in [0.15, 0.2) is 0 Å². The fraction of sp³-hybridized carbons (Fsp3) is 0.154. The molecule has 1 saturated heterocycles. The molecule has 3 aromatic rings. The Morgan fingerprint density at radius 1 is 1.00 bits per heavy atom. The number of halogens is 1. The van der Waals surface area contributed by atoms with Crippen LogP contribution in [0, 0.1) is 0 Å². The molecule has 0 aliphatic carbocycles. The lowest BCUT2D eigenvalue weighted by atomic mass is 9.95. The summed E-state index contributed by atoms with van der Waals surface area (Å²) in [5, 5.41) is 16.3. The minimum Gasteiger partial charge on any atom is -0.507 e. The van der Waals surface area contributed by atoms with Crippen LogP contribution in [0.1, 0.15) is 22.7 Å². The second kappa shape index (κ2) is 10.3. The largest absolute Gasteiger partial charge is 0.507 e. The topological polar surface area (TPSA) is 127 Å². The van der Waals surface area contributed by atoms with Crippen LogP contribution in [0.25, 0.3) is 5.76 Å². The lowest BCUT2D eigenvalue weighted by molar-refractivity contribution is -0.139. The molecule has 0 bridgehead atoms. The zero-order chi connectivity index (χ0) is 26.0. The predicted molar refractivity (Wildman–Crippen MR) is 138 cm³/mol. The third-order valence-corrected chi connectivity index (χ3v) is 7.44. The molecule has 8 nitrogen and oxygen atoms in total. The number of methoxy groups -OCH3 is 1. The average molecular weight is 571 g/mol. The Morgan fingerprint density at radius 3 is 2.17 bits per heavy atom. The number of aliphatic hydroxyl groups is 1. The highest BCUT2D eigenvalue weighted by atomic mass is 79.9. The highest BCUT2D eigenvalue weighted by Gasteiger charge is 2.45. The van der Waals surface area contributed by atoms with E-state index in [9.17, 15) is 23.1 Å². The quantitative estimate of drug-likeness (QED) is 0.253. The van der Waals surface area contributed by atoms with Crippen molar-refractivity contribution in [2.75, 3.05) is 13.7 Å². The van der Waals surface area contributed by atoms with Gasteiger partial charge < -0.3 is 14.7 Å². The smallest absolute Gasteiger partial charge is 0.295 e. The van der Waals surface area contributed by atoms with E-state index in [2.05, 4.69) is 15.9 Å². The second-order valence-electron chi connectivity index (χ2n) is 8.21. The summed E-state index contributed by atoms with van der Waals surface area (Å²) in [7, 11) is -2.28. The molecule has 0 spiro atoms. The molecular formula is C26H23BrN2O6S. The van der Waals surface area contributed by atoms with E-state index in [0.717, 1.165) is 10.0 Å². The first-order chi connectivity index (χ1) is 17.1. The molecule has 10 heteroatoms. The number of rotatable bonds is 7. The number of ether oxygens (including phenoxy) is 1. The van der Waals surface area contributed by atoms with Gasteiger partial charge in [0.25, 0.3) is 11.7 Å². The van der Waals surface area contributed by atoms with E-state index >= 15 is 0 Å². The third-order valence-electron chi connectivity index (χ3n) is 5.98. The standard InChI is InChI=1S/C26H23BrN2O6S/c1-35-20-10-6-17(7-11-20)23-22(24(30)18-4-8-19(27)9-5-18)25(31)26(32)29(23)15-14-16-2-12-21(13-3-16)36(28,33)34/h2-13,23,30H,14-15H2,1H3,(H2,28,33,34)/t23-/m1/s1. The molecule has 1 atom stereocenters. The van der Waals surface area contributed by atoms with Gasteiger partial charge in [-0.15, -0.1) is 0 Å². The first-order valence-corrected chi connectivity index (χ1v) is 13.2. The van der Waals surface area contributed by atoms with Gasteiger partial charge in [-0.3, -0.25) is 9.59 Å². The summed E-state index contributed by atoms with van der Waals surface area (Å²) in [5.74, 6) is -1.16. The Balaban J connectivity index is 1.72. The summed E-state index contributed by atoms with van der Waals surface area (Å²) in [4.78, 5) is 27.7. The highest BCUT2D eigenvalue weighted by molar-refractivity contribution is 9.10. The lowest BCUT2D eigenvalue weighted by Crippen LogP contribution is -2.31. The summed E-state index contributed by atoms with van der Waals surface area (Å²) >= 11 is 3.35. The number of carbonyl (C=O) groups excluding carboxylic acids is 2. The maximum absolute atomic E-state index is 13.1. The minimum atomic E-state index is -3.82. The number of amides is 1. The number of nitrogens with two attached hydrogens (primary N) is 1. The van der Waals surface area contributed by atoms with Crippen LogP contribution in [0.15, 0.2) is 87.7 Å². The fourth-order valence-corrected chi connectivity index (χ4v) is 4.88. The van der Waals surface area contributed by atoms with Crippen molar-refractivity contribution >= 4 is 43.4 Å². The number of nitrogens with zero attached hydrogens (tertiary/aromatic N) is 1. The number of likely N-dealkylation sites (tertiary alicyclic amines) is 1. The minimum absolute atomic E-state index is 0.00272. The van der Waals surface area contributed by atoms with Crippen molar-refractivity contribution in [2.45, 2.75) is 17.4 Å². The van der Waals surface area contributed by atoms with Crippen LogP contribution >= 0.6 is 15.9 Å². The lowest BCUT2D eigenvalue weighted by Gasteiger charge is -2.25. The van der Waals surface area contributed by atoms with Crippen molar-refractivity contribution in [3.63, 3.8) is 0 Å². The van der Waals surface area contributed by atoms with Crippen LogP contribution in [0.3, 0.4) is 0 Å². The Labute approximate surface area is 217 Å². The molecule has 1 amide bonds. The summed E-state index contributed by atoms with van der Waals surface area (Å²) in [6, 6.07) is 18.9. The maximum atomic E-state index is 13.1. The number of Topliss-reactive ketones (excluding diaryl/α,β-unsaturated/α-hetero) is 1. The molecule has 0 unspecified atom stereocenters. The van der Waals surface area contributed by atoms with Crippen molar-refractivity contribution in [1.29, 1.82) is 0 Å². The van der Waals surface area contributed by atoms with Crippen LogP contribution in [0.5, 0.6) is 5.75 Å². The SMILES string of the molecule is COc1ccc([C@@H]2C(=C(O)c3ccc(Br)cc3)C(=O)C(=O)N2CCc2ccc(S(N)(=O)=O)cc2)cc1. The van der Waals surface area contributed by atoms with Crippen molar-refractivity contribution in [3.05, 3.63) is 99.5 Å². The summed E-state index contributed by atoms with van der Waals surface area (Å²) < 4.78 is 29.1. The number of hydrogen-bond acceptors (Lipinski definition) is 6. The number of hydrogen-bond donors (Lipinski definition) is 2. The first kappa shape index (κ1) is 25.6. The van der Waals surface area contributed by atoms with Gasteiger partial charge in [-0.25, -0.2) is 13.6 Å². The molecule has 0 radical (unpaired) electrons. The number of benzene rings is 3. The van der Waals surface area contributed by atoms with Gasteiger partial charge in [0.05, 0.1) is 23.6 Å². The van der Waals surface area contributed by atoms with Gasteiger partial charge in [0, 0.05) is 16.6 Å². The Hall–Kier alpha value is -3.47. The van der Waals surface area contributed by atoms with Crippen LogP contribution in [0.2, 0.25) is 0 Å². The predicted octanol–water partition coefficient (Wildman–Crippen LogP) is 3.77. The van der Waals surface area contributed by atoms with E-state index in [1.54, 1.807) is 60.7 Å². The van der Waals surface area contributed by atoms with Gasteiger partial charge in [-0.05, 0) is 53.9 Å². The molecule has 1 fully saturated rings. The molecule has 0 saturated carbocycles. The Morgan fingerprint density at radius 2 is 1.61 bits per heavy atom. The molecule has 3 N–H and O–H groups in total. The zero-order valence-electron chi connectivity index (χ0n) is 19.2. The zero-order valence-corrected chi connectivity index (χ0v) is 21.6. The van der Waals surface area contributed by atoms with Crippen molar-refractivity contribution in [3.8, 4) is 5.75 Å². The molecule has 1 aliphatic heterocycles. The Bertz CT molecular complexity index is 1430. The highest BCUT2D eigenvalue weighted by Crippen LogP contribution is 2.40. The van der Waals surface area contributed by atoms with Crippen molar-refractivity contribution in [2.24, 2.45) is 5.14 Å². The summed E-state index contributed by atoms with van der Waals surface area (Å²) in [6.45, 7) is 0.160. The summed E-state index contributed by atoms with van der Waals surface area (Å²) in [6.07, 6.45) is 0.350. The van der Waals surface area contributed by atoms with Gasteiger partial charge in [0.2, 0.25) is 10.0 Å². The van der Waals surface area contributed by atoms with E-state index in [-0.39, 0.29) is 22.8 Å². The van der Waals surface area contributed by atoms with Gasteiger partial charge in [-0.2, -0.15) is 0 Å². The molecular weight excluding hydrogens is 548 g/mol. The van der Waals surface area contributed by atoms with E-state index in [4.69, 9.17) is 9.88 Å². The van der Waals surface area contributed by atoms with Crippen LogP contribution in [-0.4, -0.2) is 43.8 Å². The van der Waals surface area contributed by atoms with Crippen LogP contribution in [-0.2, 0) is 26.0 Å². The molecule has 1 aliphatic rings. The number of ketones is 1. The Kier molecular flexibility index (Phi) is 7.30. The van der Waals surface area contributed by atoms with E-state index < -0.39 is 27.8 Å². The number of aliphatic hydroxyl groups excluding tert-OH is 1. The third kappa shape index (κ3) is 5.20. The number of sulfonamides is 1. The van der Waals surface area contributed by atoms with E-state index in [1.807, 2.05) is 0 Å². The normalized spacial score (nSPS) is 17.4. The maximum Gasteiger partial charge on any atom is 0.295 e. The van der Waals surface area contributed by atoms with E-state index in [0.29, 0.717) is 23.3 Å². The molecule has 4 rings (SSSR count). The van der Waals surface area contributed by atoms with E-state index in [1.165, 1.54) is 24.1 Å². The van der Waals surface area contributed by atoms with Gasteiger partial charge >= 0.3 is 0 Å². The van der Waals surface area contributed by atoms with Gasteiger partial charge in [-0.1, -0.05) is 52.3 Å². The molecule has 3 aromatic carbocycles. The number of carbonyl (C=O) groups is 2. The average Bonchev–Trinajstić information content (AvgIpc) is 3.12. The summed E-state index contributed by atoms with van der Waals surface area (Å²) in [5.41, 5.74) is 1.80. The number of primary sulfonamides is 1. The fourth-order valence-electron chi connectivity index (χ4n) is 4.10. The second-order valence-corrected chi connectivity index (χ2v) is 10.7. The van der Waals surface area contributed by atoms with Crippen LogP contribution in [0.4, 0.5) is 0 Å². The monoisotopic (exact) mass is 570 g/mol.